The molecular weight excluding hydrogens is 146 g/mol. The molecule has 1 N–H and O–H groups in total. The quantitative estimate of drug-likeness (QED) is 0.666. The molecule has 1 nitrogen and oxygen atoms in total. The van der Waals surface area contributed by atoms with E-state index in [2.05, 4.69) is 39.1 Å². The van der Waals surface area contributed by atoms with Gasteiger partial charge in [0.05, 0.1) is 0 Å². The van der Waals surface area contributed by atoms with Crippen molar-refractivity contribution in [1.29, 1.82) is 0 Å². The van der Waals surface area contributed by atoms with Crippen LogP contribution in [0.1, 0.15) is 40.5 Å². The third-order valence-corrected chi connectivity index (χ3v) is 2.12. The summed E-state index contributed by atoms with van der Waals surface area (Å²) in [5.74, 6) is 1.33. The maximum atomic E-state index is 3.25. The van der Waals surface area contributed by atoms with Gasteiger partial charge in [0.25, 0.3) is 0 Å². The van der Waals surface area contributed by atoms with Crippen LogP contribution >= 0.6 is 0 Å². The zero-order valence-corrected chi connectivity index (χ0v) is 9.15. The summed E-state index contributed by atoms with van der Waals surface area (Å²) in [6.45, 7) is 8.96. The molecule has 0 amide bonds. The first-order valence-corrected chi connectivity index (χ1v) is 5.01. The van der Waals surface area contributed by atoms with E-state index in [9.17, 15) is 0 Å². The van der Waals surface area contributed by atoms with E-state index < -0.39 is 0 Å². The largest absolute Gasteiger partial charge is 0.391 e. The molecular formula is C11H23N. The minimum Gasteiger partial charge on any atom is -0.391 e. The summed E-state index contributed by atoms with van der Waals surface area (Å²) < 4.78 is 0. The molecule has 1 atom stereocenters. The molecule has 0 heterocycles. The summed E-state index contributed by atoms with van der Waals surface area (Å²) in [4.78, 5) is 0. The summed E-state index contributed by atoms with van der Waals surface area (Å²) in [7, 11) is 2.00. The van der Waals surface area contributed by atoms with Crippen LogP contribution < -0.4 is 5.32 Å². The number of allylic oxidation sites excluding steroid dienone is 2. The van der Waals surface area contributed by atoms with Gasteiger partial charge in [-0.3, -0.25) is 0 Å². The van der Waals surface area contributed by atoms with Crippen molar-refractivity contribution in [2.24, 2.45) is 11.8 Å². The molecule has 0 radical (unpaired) electrons. The predicted molar refractivity (Wildman–Crippen MR) is 56.1 cm³/mol. The van der Waals surface area contributed by atoms with Crippen molar-refractivity contribution in [3.63, 3.8) is 0 Å². The van der Waals surface area contributed by atoms with E-state index in [4.69, 9.17) is 0 Å². The van der Waals surface area contributed by atoms with Crippen LogP contribution in [0.25, 0.3) is 0 Å². The van der Waals surface area contributed by atoms with Gasteiger partial charge in [-0.05, 0) is 18.3 Å². The second kappa shape index (κ2) is 6.10. The zero-order chi connectivity index (χ0) is 9.56. The summed E-state index contributed by atoms with van der Waals surface area (Å²) in [6.07, 6.45) is 4.92. The lowest BCUT2D eigenvalue weighted by atomic mass is 10.0. The molecule has 0 aliphatic carbocycles. The average Bonchev–Trinajstić information content (AvgIpc) is 2.00. The van der Waals surface area contributed by atoms with Crippen molar-refractivity contribution in [3.05, 3.63) is 11.8 Å². The van der Waals surface area contributed by atoms with Crippen molar-refractivity contribution in [3.8, 4) is 0 Å². The van der Waals surface area contributed by atoms with Gasteiger partial charge in [-0.2, -0.15) is 0 Å². The van der Waals surface area contributed by atoms with Gasteiger partial charge < -0.3 is 5.32 Å². The number of nitrogens with one attached hydrogen (secondary N) is 1. The van der Waals surface area contributed by atoms with Gasteiger partial charge >= 0.3 is 0 Å². The van der Waals surface area contributed by atoms with Crippen LogP contribution in [0.5, 0.6) is 0 Å². The third kappa shape index (κ3) is 4.42. The third-order valence-electron chi connectivity index (χ3n) is 2.12. The Labute approximate surface area is 77.2 Å². The van der Waals surface area contributed by atoms with Crippen LogP contribution in [0.15, 0.2) is 11.8 Å². The molecule has 0 spiro atoms. The Morgan fingerprint density at radius 3 is 2.25 bits per heavy atom. The van der Waals surface area contributed by atoms with Crippen LogP contribution in [0.2, 0.25) is 0 Å². The average molecular weight is 169 g/mol. The maximum Gasteiger partial charge on any atom is 0.00921 e. The van der Waals surface area contributed by atoms with Crippen LogP contribution in [-0.2, 0) is 0 Å². The predicted octanol–water partition coefficient (Wildman–Crippen LogP) is 3.18. The van der Waals surface area contributed by atoms with Gasteiger partial charge in [-0.25, -0.2) is 0 Å². The molecule has 0 bridgehead atoms. The monoisotopic (exact) mass is 169 g/mol. The summed E-state index contributed by atoms with van der Waals surface area (Å²) in [5.41, 5.74) is 1.37. The molecule has 0 aromatic carbocycles. The van der Waals surface area contributed by atoms with E-state index in [-0.39, 0.29) is 0 Å². The molecule has 1 heteroatoms. The number of hydrogen-bond donors (Lipinski definition) is 1. The fourth-order valence-corrected chi connectivity index (χ4v) is 1.41. The van der Waals surface area contributed by atoms with E-state index >= 15 is 0 Å². The van der Waals surface area contributed by atoms with Crippen LogP contribution in [0, 0.1) is 11.8 Å². The maximum absolute atomic E-state index is 3.25. The van der Waals surface area contributed by atoms with E-state index in [1.54, 1.807) is 0 Å². The lowest BCUT2D eigenvalue weighted by Crippen LogP contribution is -2.13. The summed E-state index contributed by atoms with van der Waals surface area (Å²) >= 11 is 0. The van der Waals surface area contributed by atoms with E-state index in [1.165, 1.54) is 18.5 Å². The van der Waals surface area contributed by atoms with Crippen molar-refractivity contribution in [2.75, 3.05) is 7.05 Å². The van der Waals surface area contributed by atoms with Crippen molar-refractivity contribution < 1.29 is 0 Å². The lowest BCUT2D eigenvalue weighted by molar-refractivity contribution is 0.604. The Bertz CT molecular complexity index is 136. The smallest absolute Gasteiger partial charge is 0.00921 e. The topological polar surface area (TPSA) is 12.0 Å². The Kier molecular flexibility index (Phi) is 5.87. The van der Waals surface area contributed by atoms with Crippen LogP contribution in [0.4, 0.5) is 0 Å². The lowest BCUT2D eigenvalue weighted by Gasteiger charge is -2.13. The SMILES string of the molecule is CCCC(C)/C=C(\NC)C(C)C. The second-order valence-electron chi connectivity index (χ2n) is 3.79. The van der Waals surface area contributed by atoms with Gasteiger partial charge in [0.2, 0.25) is 0 Å². The fraction of sp³-hybridized carbons (Fsp3) is 0.818. The summed E-state index contributed by atoms with van der Waals surface area (Å²) in [6, 6.07) is 0. The highest BCUT2D eigenvalue weighted by Crippen LogP contribution is 2.13. The highest BCUT2D eigenvalue weighted by atomic mass is 14.8. The number of hydrogen-bond acceptors (Lipinski definition) is 1. The first-order chi connectivity index (χ1) is 5.61. The standard InChI is InChI=1S/C11H23N/c1-6-7-10(4)8-11(12-5)9(2)3/h8-10,12H,6-7H2,1-5H3/b11-8-. The molecule has 12 heavy (non-hydrogen) atoms. The molecule has 0 aromatic rings. The molecule has 0 rings (SSSR count). The first-order valence-electron chi connectivity index (χ1n) is 5.01. The van der Waals surface area contributed by atoms with E-state index in [1.807, 2.05) is 7.05 Å². The van der Waals surface area contributed by atoms with E-state index in [0.29, 0.717) is 11.8 Å². The number of rotatable bonds is 5. The Morgan fingerprint density at radius 2 is 1.92 bits per heavy atom. The molecule has 0 aromatic heterocycles. The summed E-state index contributed by atoms with van der Waals surface area (Å²) in [5, 5.41) is 3.25. The van der Waals surface area contributed by atoms with Gasteiger partial charge in [0.1, 0.15) is 0 Å². The fourth-order valence-electron chi connectivity index (χ4n) is 1.41. The molecule has 1 unspecified atom stereocenters. The van der Waals surface area contributed by atoms with Crippen molar-refractivity contribution in [2.45, 2.75) is 40.5 Å². The zero-order valence-electron chi connectivity index (χ0n) is 9.15. The van der Waals surface area contributed by atoms with Crippen LogP contribution in [0.3, 0.4) is 0 Å². The minimum absolute atomic E-state index is 0.620. The highest BCUT2D eigenvalue weighted by Gasteiger charge is 2.02. The second-order valence-corrected chi connectivity index (χ2v) is 3.79. The molecule has 0 saturated heterocycles. The highest BCUT2D eigenvalue weighted by molar-refractivity contribution is 5.03. The molecule has 0 aliphatic heterocycles. The van der Waals surface area contributed by atoms with Gasteiger partial charge in [-0.1, -0.05) is 40.2 Å². The first kappa shape index (κ1) is 11.5. The molecule has 72 valence electrons. The Morgan fingerprint density at radius 1 is 1.33 bits per heavy atom. The van der Waals surface area contributed by atoms with Gasteiger partial charge in [0.15, 0.2) is 0 Å². The molecule has 0 aliphatic rings. The molecule has 0 fully saturated rings. The van der Waals surface area contributed by atoms with E-state index in [0.717, 1.165) is 0 Å². The Hall–Kier alpha value is -0.460. The minimum atomic E-state index is 0.620. The van der Waals surface area contributed by atoms with Crippen molar-refractivity contribution >= 4 is 0 Å². The normalized spacial score (nSPS) is 15.0. The van der Waals surface area contributed by atoms with Crippen molar-refractivity contribution in [1.82, 2.24) is 5.32 Å². The van der Waals surface area contributed by atoms with Crippen LogP contribution in [-0.4, -0.2) is 7.05 Å². The molecule has 0 saturated carbocycles. The van der Waals surface area contributed by atoms with Gasteiger partial charge in [-0.15, -0.1) is 0 Å². The Balaban J connectivity index is 4.07. The van der Waals surface area contributed by atoms with Gasteiger partial charge in [0, 0.05) is 12.7 Å².